The molecular formula is C14H21NO4S. The molecule has 0 atom stereocenters. The van der Waals surface area contributed by atoms with E-state index in [0.29, 0.717) is 12.4 Å². The molecule has 0 unspecified atom stereocenters. The predicted octanol–water partition coefficient (Wildman–Crippen LogP) is 3.72. The van der Waals surface area contributed by atoms with Crippen LogP contribution >= 0.6 is 12.6 Å². The fraction of sp³-hybridized carbons (Fsp3) is 0.571. The quantitative estimate of drug-likeness (QED) is 0.451. The summed E-state index contributed by atoms with van der Waals surface area (Å²) in [4.78, 5) is 10.5. The summed E-state index contributed by atoms with van der Waals surface area (Å²) in [5.74, 6) is 1.43. The van der Waals surface area contributed by atoms with Crippen LogP contribution in [0.15, 0.2) is 18.2 Å². The van der Waals surface area contributed by atoms with E-state index in [2.05, 4.69) is 26.5 Å². The lowest BCUT2D eigenvalue weighted by molar-refractivity contribution is -0.385. The number of benzene rings is 1. The van der Waals surface area contributed by atoms with Gasteiger partial charge in [0.15, 0.2) is 5.75 Å². The number of nitrogens with zero attached hydrogens (tertiary/aromatic N) is 1. The number of hydrogen-bond donors (Lipinski definition) is 1. The van der Waals surface area contributed by atoms with E-state index in [-0.39, 0.29) is 16.9 Å². The average molecular weight is 299 g/mol. The van der Waals surface area contributed by atoms with Gasteiger partial charge in [-0.25, -0.2) is 0 Å². The molecule has 1 aromatic rings. The zero-order chi connectivity index (χ0) is 15.2. The predicted molar refractivity (Wildman–Crippen MR) is 82.0 cm³/mol. The van der Waals surface area contributed by atoms with Crippen LogP contribution in [0.2, 0.25) is 0 Å². The molecule has 0 aliphatic rings. The molecule has 0 N–H and O–H groups in total. The summed E-state index contributed by atoms with van der Waals surface area (Å²) in [5, 5.41) is 11.0. The molecule has 0 saturated heterocycles. The molecule has 0 aromatic heterocycles. The van der Waals surface area contributed by atoms with Crippen molar-refractivity contribution in [2.75, 3.05) is 19.5 Å². The van der Waals surface area contributed by atoms with Gasteiger partial charge in [0.05, 0.1) is 24.7 Å². The van der Waals surface area contributed by atoms with E-state index >= 15 is 0 Å². The summed E-state index contributed by atoms with van der Waals surface area (Å²) in [6, 6.07) is 4.63. The Morgan fingerprint density at radius 2 is 2.00 bits per heavy atom. The van der Waals surface area contributed by atoms with E-state index in [1.54, 1.807) is 12.1 Å². The Labute approximate surface area is 124 Å². The van der Waals surface area contributed by atoms with Crippen molar-refractivity contribution >= 4 is 18.3 Å². The second-order valence-corrected chi connectivity index (χ2v) is 5.06. The van der Waals surface area contributed by atoms with Gasteiger partial charge < -0.3 is 9.47 Å². The zero-order valence-corrected chi connectivity index (χ0v) is 13.0. The number of thiol groups is 1. The zero-order valence-electron chi connectivity index (χ0n) is 12.1. The monoisotopic (exact) mass is 299 g/mol. The van der Waals surface area contributed by atoms with Crippen molar-refractivity contribution in [1.29, 1.82) is 0 Å². The third-order valence-electron chi connectivity index (χ3n) is 3.73. The Hall–Kier alpha value is -1.43. The van der Waals surface area contributed by atoms with Crippen molar-refractivity contribution in [3.63, 3.8) is 0 Å². The minimum Gasteiger partial charge on any atom is -0.493 e. The SMILES string of the molecule is CCC(CC)(CS)COc1ccc(OC)c([N+](=O)[O-])c1. The van der Waals surface area contributed by atoms with E-state index in [4.69, 9.17) is 9.47 Å². The fourth-order valence-electron chi connectivity index (χ4n) is 1.86. The van der Waals surface area contributed by atoms with E-state index in [9.17, 15) is 10.1 Å². The molecule has 0 aliphatic heterocycles. The average Bonchev–Trinajstić information content (AvgIpc) is 2.49. The number of methoxy groups -OCH3 is 1. The highest BCUT2D eigenvalue weighted by molar-refractivity contribution is 7.80. The van der Waals surface area contributed by atoms with Gasteiger partial charge in [-0.1, -0.05) is 13.8 Å². The number of hydrogen-bond acceptors (Lipinski definition) is 5. The standard InChI is InChI=1S/C14H21NO4S/c1-4-14(5-2,10-20)9-19-11-6-7-13(18-3)12(8-11)15(16)17/h6-8,20H,4-5,9-10H2,1-3H3. The van der Waals surface area contributed by atoms with Gasteiger partial charge in [0.1, 0.15) is 5.75 Å². The Morgan fingerprint density at radius 1 is 1.35 bits per heavy atom. The van der Waals surface area contributed by atoms with Gasteiger partial charge in [0.25, 0.3) is 0 Å². The van der Waals surface area contributed by atoms with Gasteiger partial charge in [-0.2, -0.15) is 12.6 Å². The van der Waals surface area contributed by atoms with Crippen LogP contribution in [0.4, 0.5) is 5.69 Å². The number of rotatable bonds is 8. The van der Waals surface area contributed by atoms with Crippen molar-refractivity contribution in [2.24, 2.45) is 5.41 Å². The maximum atomic E-state index is 11.0. The van der Waals surface area contributed by atoms with Gasteiger partial charge in [-0.3, -0.25) is 10.1 Å². The largest absolute Gasteiger partial charge is 0.493 e. The second kappa shape index (κ2) is 7.38. The van der Waals surface area contributed by atoms with Gasteiger partial charge in [0, 0.05) is 5.41 Å². The topological polar surface area (TPSA) is 61.6 Å². The second-order valence-electron chi connectivity index (χ2n) is 4.74. The van der Waals surface area contributed by atoms with Crippen molar-refractivity contribution in [1.82, 2.24) is 0 Å². The lowest BCUT2D eigenvalue weighted by atomic mass is 9.85. The Kier molecular flexibility index (Phi) is 6.13. The van der Waals surface area contributed by atoms with Crippen LogP contribution in [0.25, 0.3) is 0 Å². The highest BCUT2D eigenvalue weighted by Gasteiger charge is 2.26. The maximum absolute atomic E-state index is 11.0. The molecule has 0 radical (unpaired) electrons. The number of nitro benzene ring substituents is 1. The molecular weight excluding hydrogens is 278 g/mol. The molecule has 0 saturated carbocycles. The molecule has 0 spiro atoms. The van der Waals surface area contributed by atoms with E-state index in [0.717, 1.165) is 18.6 Å². The highest BCUT2D eigenvalue weighted by atomic mass is 32.1. The number of nitro groups is 1. The summed E-state index contributed by atoms with van der Waals surface area (Å²) in [6.07, 6.45) is 1.90. The summed E-state index contributed by atoms with van der Waals surface area (Å²) in [5.41, 5.74) is -0.0906. The van der Waals surface area contributed by atoms with Gasteiger partial charge in [-0.15, -0.1) is 0 Å². The van der Waals surface area contributed by atoms with Crippen LogP contribution in [0.3, 0.4) is 0 Å². The molecule has 0 heterocycles. The highest BCUT2D eigenvalue weighted by Crippen LogP contribution is 2.33. The van der Waals surface area contributed by atoms with E-state index in [1.165, 1.54) is 13.2 Å². The first kappa shape index (κ1) is 16.6. The van der Waals surface area contributed by atoms with E-state index < -0.39 is 4.92 Å². The summed E-state index contributed by atoms with van der Waals surface area (Å²) >= 11 is 4.38. The van der Waals surface area contributed by atoms with Crippen molar-refractivity contribution in [2.45, 2.75) is 26.7 Å². The smallest absolute Gasteiger partial charge is 0.314 e. The van der Waals surface area contributed by atoms with Crippen molar-refractivity contribution in [3.05, 3.63) is 28.3 Å². The van der Waals surface area contributed by atoms with Crippen molar-refractivity contribution < 1.29 is 14.4 Å². The molecule has 0 amide bonds. The van der Waals surface area contributed by atoms with Crippen LogP contribution in [0.5, 0.6) is 11.5 Å². The lowest BCUT2D eigenvalue weighted by Gasteiger charge is -2.29. The first-order valence-electron chi connectivity index (χ1n) is 6.58. The summed E-state index contributed by atoms with van der Waals surface area (Å²) in [6.45, 7) is 4.69. The normalized spacial score (nSPS) is 11.2. The molecule has 0 aliphatic carbocycles. The third-order valence-corrected chi connectivity index (χ3v) is 4.40. The maximum Gasteiger partial charge on any atom is 0.314 e. The molecule has 6 heteroatoms. The summed E-state index contributed by atoms with van der Waals surface area (Å²) in [7, 11) is 1.41. The van der Waals surface area contributed by atoms with Gasteiger partial charge in [0.2, 0.25) is 0 Å². The van der Waals surface area contributed by atoms with Crippen molar-refractivity contribution in [3.8, 4) is 11.5 Å². The van der Waals surface area contributed by atoms with Gasteiger partial charge >= 0.3 is 5.69 Å². The summed E-state index contributed by atoms with van der Waals surface area (Å²) < 4.78 is 10.7. The molecule has 112 valence electrons. The molecule has 20 heavy (non-hydrogen) atoms. The minimum atomic E-state index is -0.475. The van der Waals surface area contributed by atoms with Crippen LogP contribution in [0, 0.1) is 15.5 Å². The van der Waals surface area contributed by atoms with Crippen LogP contribution in [0.1, 0.15) is 26.7 Å². The molecule has 1 rings (SSSR count). The number of ether oxygens (including phenoxy) is 2. The third kappa shape index (κ3) is 3.79. The Morgan fingerprint density at radius 3 is 2.45 bits per heavy atom. The lowest BCUT2D eigenvalue weighted by Crippen LogP contribution is -2.29. The molecule has 0 fully saturated rings. The van der Waals surface area contributed by atoms with Gasteiger partial charge in [-0.05, 0) is 30.7 Å². The Balaban J connectivity index is 2.88. The first-order valence-corrected chi connectivity index (χ1v) is 7.21. The minimum absolute atomic E-state index is 0.00216. The Bertz CT molecular complexity index is 452. The first-order chi connectivity index (χ1) is 9.51. The van der Waals surface area contributed by atoms with Crippen LogP contribution < -0.4 is 9.47 Å². The molecule has 0 bridgehead atoms. The fourth-order valence-corrected chi connectivity index (χ4v) is 2.40. The van der Waals surface area contributed by atoms with Crippen LogP contribution in [-0.4, -0.2) is 24.4 Å². The van der Waals surface area contributed by atoms with E-state index in [1.807, 2.05) is 0 Å². The van der Waals surface area contributed by atoms with Crippen LogP contribution in [-0.2, 0) is 0 Å². The molecule has 1 aromatic carbocycles. The molecule has 5 nitrogen and oxygen atoms in total.